The summed E-state index contributed by atoms with van der Waals surface area (Å²) in [5.74, 6) is -1.76. The van der Waals surface area contributed by atoms with Crippen LogP contribution in [0.4, 0.5) is 0 Å². The van der Waals surface area contributed by atoms with Gasteiger partial charge in [0.15, 0.2) is 17.9 Å². The van der Waals surface area contributed by atoms with Gasteiger partial charge in [-0.05, 0) is 68.6 Å². The number of hydrogen-bond acceptors (Lipinski definition) is 11. The molecule has 0 aromatic heterocycles. The molecule has 0 saturated carbocycles. The molecule has 0 atom stereocenters. The van der Waals surface area contributed by atoms with Crippen LogP contribution in [-0.4, -0.2) is 125 Å². The second-order valence-electron chi connectivity index (χ2n) is 16.9. The summed E-state index contributed by atoms with van der Waals surface area (Å²) in [6, 6.07) is 52.7. The summed E-state index contributed by atoms with van der Waals surface area (Å²) in [7, 11) is 25.9. The minimum absolute atomic E-state index is 0. The number of rotatable bonds is 6. The molecule has 0 aliphatic heterocycles. The quantitative estimate of drug-likeness (QED) is 0.0539. The molecule has 5 aromatic carbocycles. The normalized spacial score (nSPS) is 7.24. The number of carboxylic acids is 1. The van der Waals surface area contributed by atoms with Gasteiger partial charge in [0.2, 0.25) is 0 Å². The zero-order valence-electron chi connectivity index (χ0n) is 63.6. The van der Waals surface area contributed by atoms with Crippen LogP contribution < -0.4 is 21.9 Å². The second-order valence-corrected chi connectivity index (χ2v) is 16.9. The maximum atomic E-state index is 10.8. The molecule has 5 rings (SSSR count). The summed E-state index contributed by atoms with van der Waals surface area (Å²) in [5, 5.41) is 15.7. The maximum absolute atomic E-state index is 10.8. The zero-order valence-corrected chi connectivity index (χ0v) is 77.8. The molecule has 540 valence electrons. The number of aliphatic hydroxyl groups excluding tert-OH is 1. The van der Waals surface area contributed by atoms with Crippen LogP contribution in [0.25, 0.3) is 0 Å². The van der Waals surface area contributed by atoms with E-state index in [1.54, 1.807) is 145 Å². The molecule has 0 unspecified atom stereocenters. The summed E-state index contributed by atoms with van der Waals surface area (Å²) in [4.78, 5) is 65.8. The zero-order chi connectivity index (χ0) is 74.3. The molecular weight excluding hydrogens is 1600 g/mol. The van der Waals surface area contributed by atoms with E-state index < -0.39 is 17.5 Å². The van der Waals surface area contributed by atoms with Gasteiger partial charge in [0.25, 0.3) is 0 Å². The Balaban J connectivity index is -0.0000000298. The van der Waals surface area contributed by atoms with Crippen LogP contribution in [-0.2, 0) is 211 Å². The molecular formula is C75H125B6O12Y5-10. The van der Waals surface area contributed by atoms with Crippen molar-refractivity contribution >= 4 is 113 Å². The van der Waals surface area contributed by atoms with Crippen molar-refractivity contribution in [1.82, 2.24) is 0 Å². The number of benzene rings is 5. The van der Waals surface area contributed by atoms with E-state index in [9.17, 15) is 19.2 Å². The number of aliphatic hydroxyl groups is 1. The van der Waals surface area contributed by atoms with Gasteiger partial charge in [-0.3, -0.25) is 38.9 Å². The topological polar surface area (TPSA) is 188 Å². The SMILES string of the molecule is C.C.C=O.C=O.CC.CC.CC.CC.CC.CC(=O)OC(C)(C)C.CC[CH-]C(=O)O.CC[CH-]C(=O)OC(C)(C)C.C[CH-]C=O.C[CH-]CO.[2HH].[B].[B]C.[B]c1cc[c-]cc1.[B]c1cc[c-]cc1.[B]c1cc[c-]cc1.[B]c1cc[c-]cc1.[CH2-]C(=O)OC(C)(C)C.[Y].[Y].[Y].[Y].[Y].[c-]1ccccc1. The summed E-state index contributed by atoms with van der Waals surface area (Å²) in [6.07, 6.45) is 7.95. The number of aldehydes is 1. The standard InChI is InChI=1S/C8H15O2.4C6H4B.C6H12O2.C6H11O2.C6H5.C4H7O2.C3H7O.C3H5O.5C2H6.CH3B.2CH2O.2CH4.B.5Y.H2/c1-5-6-7(9)10-8(2,3)4;4*7-6-4-2-1-3-5-6;2*1-5(7)8-6(2,3)4;1-2-4-6-5-3-1;1-2-3-4(5)6;2*1-2-3-4;8*1-2;;;;;;;;;/h6H,5H2,1-4H3;4*2-5H;1-4H3;1H2,2-4H3;1-5H;3H,2H2,1H3,(H,5,6);2,4H,3H2,1H3;2-3H,1H3;5*1-2H3;1H3;2*1H2;2*1H4;;;;;;;1H/q5*-1;;5*-1;;;;;;;;;;;;;;;;;/i;;;;;;;;;;;;;;;;;;;;;;;;;;;1+1. The molecule has 0 saturated heterocycles. The van der Waals surface area contributed by atoms with Crippen molar-refractivity contribution in [2.45, 2.75) is 217 Å². The number of ether oxygens (including phenoxy) is 3. The van der Waals surface area contributed by atoms with Crippen molar-refractivity contribution in [3.63, 3.8) is 0 Å². The van der Waals surface area contributed by atoms with E-state index in [0.717, 1.165) is 34.6 Å². The Labute approximate surface area is 741 Å². The van der Waals surface area contributed by atoms with E-state index in [1.807, 2.05) is 162 Å². The van der Waals surface area contributed by atoms with Crippen molar-refractivity contribution < 1.29 is 223 Å². The number of hydrogen-bond donors (Lipinski definition) is 2. The summed E-state index contributed by atoms with van der Waals surface area (Å²) < 4.78 is 14.5. The number of aliphatic carboxylic acids is 1. The first kappa shape index (κ1) is 158. The van der Waals surface area contributed by atoms with E-state index in [1.165, 1.54) is 33.0 Å². The largest absolute Gasteiger partial charge is 0.503 e. The fourth-order valence-electron chi connectivity index (χ4n) is 3.40. The van der Waals surface area contributed by atoms with Crippen molar-refractivity contribution in [2.24, 2.45) is 0 Å². The summed E-state index contributed by atoms with van der Waals surface area (Å²) in [6.45, 7) is 53.8. The average molecular weight is 1730 g/mol. The maximum Gasteiger partial charge on any atom is 0.303 e. The van der Waals surface area contributed by atoms with E-state index in [4.69, 9.17) is 65.5 Å². The van der Waals surface area contributed by atoms with Gasteiger partial charge in [-0.15, -0.1) is 0 Å². The number of carboxylic acid groups (broad SMARTS) is 1. The molecule has 0 bridgehead atoms. The van der Waals surface area contributed by atoms with Crippen LogP contribution in [0.1, 0.15) is 195 Å². The van der Waals surface area contributed by atoms with Crippen molar-refractivity contribution in [3.8, 4) is 0 Å². The number of esters is 3. The second kappa shape index (κ2) is 142. The Morgan fingerprint density at radius 3 is 0.765 bits per heavy atom. The molecule has 23 heteroatoms. The Morgan fingerprint density at radius 1 is 0.500 bits per heavy atom. The molecule has 0 amide bonds. The van der Waals surface area contributed by atoms with Gasteiger partial charge >= 0.3 is 5.97 Å². The molecule has 12 nitrogen and oxygen atoms in total. The molecule has 5 aromatic rings. The van der Waals surface area contributed by atoms with Gasteiger partial charge in [0.05, 0.1) is 39.2 Å². The third-order valence-electron chi connectivity index (χ3n) is 5.93. The minimum Gasteiger partial charge on any atom is -0.503 e. The van der Waals surface area contributed by atoms with E-state index in [0.29, 0.717) is 6.42 Å². The van der Waals surface area contributed by atoms with E-state index in [-0.39, 0.29) is 218 Å². The average Bonchev–Trinajstić information content (AvgIpc) is 1.58. The monoisotopic (exact) mass is 1730 g/mol. The molecule has 0 aliphatic rings. The molecule has 98 heavy (non-hydrogen) atoms. The minimum atomic E-state index is -0.836. The predicted molar refractivity (Wildman–Crippen MR) is 410 cm³/mol. The van der Waals surface area contributed by atoms with E-state index in [2.05, 4.69) is 49.8 Å². The van der Waals surface area contributed by atoms with Gasteiger partial charge in [0, 0.05) is 180 Å². The first-order chi connectivity index (χ1) is 42.5. The van der Waals surface area contributed by atoms with Crippen molar-refractivity contribution in [1.29, 1.82) is 0 Å². The van der Waals surface area contributed by atoms with Crippen LogP contribution in [0.3, 0.4) is 0 Å². The molecule has 18 radical (unpaired) electrons. The smallest absolute Gasteiger partial charge is 0.303 e. The Bertz CT molecular complexity index is 1850. The fraction of sp³-hybridized carbons (Fsp3) is 0.440. The first-order valence-electron chi connectivity index (χ1n) is 29.4. The van der Waals surface area contributed by atoms with Crippen LogP contribution in [0.5, 0.6) is 0 Å². The predicted octanol–water partition coefficient (Wildman–Crippen LogP) is 14.4. The summed E-state index contributed by atoms with van der Waals surface area (Å²) in [5.41, 5.74) is 2.09. The van der Waals surface area contributed by atoms with Gasteiger partial charge in [0.1, 0.15) is 30.4 Å². The van der Waals surface area contributed by atoms with Crippen LogP contribution in [0.2, 0.25) is 6.82 Å². The Morgan fingerprint density at radius 2 is 0.704 bits per heavy atom. The van der Waals surface area contributed by atoms with Crippen LogP contribution >= 0.6 is 0 Å². The van der Waals surface area contributed by atoms with E-state index >= 15 is 0 Å². The first-order valence-corrected chi connectivity index (χ1v) is 29.4. The number of carbonyl (C=O) groups is 7. The molecule has 0 aliphatic carbocycles. The number of carbonyl (C=O) groups excluding carboxylic acids is 6. The van der Waals surface area contributed by atoms with Crippen molar-refractivity contribution in [2.75, 3.05) is 6.61 Å². The van der Waals surface area contributed by atoms with Gasteiger partial charge in [-0.1, -0.05) is 111 Å². The third kappa shape index (κ3) is 233. The fourth-order valence-corrected chi connectivity index (χ4v) is 3.40. The van der Waals surface area contributed by atoms with Gasteiger partial charge in [-0.2, -0.15) is 184 Å². The molecule has 0 heterocycles. The third-order valence-corrected chi connectivity index (χ3v) is 5.93. The Kier molecular flexibility index (Phi) is 229. The van der Waals surface area contributed by atoms with Crippen molar-refractivity contribution in [3.05, 3.63) is 190 Å². The molecule has 0 fully saturated rings. The summed E-state index contributed by atoms with van der Waals surface area (Å²) >= 11 is 0. The molecule has 2 N–H and O–H groups in total. The Hall–Kier alpha value is -1.66. The van der Waals surface area contributed by atoms with Gasteiger partial charge in [-0.25, -0.2) is 21.9 Å². The van der Waals surface area contributed by atoms with Gasteiger partial charge < -0.3 is 51.6 Å². The van der Waals surface area contributed by atoms with Crippen LogP contribution in [0, 0.1) is 62.9 Å². The van der Waals surface area contributed by atoms with Crippen LogP contribution in [0.15, 0.2) is 127 Å². The molecule has 0 spiro atoms.